The van der Waals surface area contributed by atoms with E-state index < -0.39 is 31.0 Å². The Bertz CT molecular complexity index is 280. The van der Waals surface area contributed by atoms with E-state index in [0.717, 1.165) is 0 Å². The highest BCUT2D eigenvalue weighted by Crippen LogP contribution is 2.42. The Morgan fingerprint density at radius 3 is 2.65 bits per heavy atom. The minimum absolute atomic E-state index is 0.0270. The van der Waals surface area contributed by atoms with Gasteiger partial charge in [0.2, 0.25) is 6.43 Å². The summed E-state index contributed by atoms with van der Waals surface area (Å²) in [6.07, 6.45) is -2.56. The van der Waals surface area contributed by atoms with Crippen LogP contribution in [0.4, 0.5) is 8.78 Å². The zero-order valence-electron chi connectivity index (χ0n) is 9.27. The van der Waals surface area contributed by atoms with Gasteiger partial charge in [-0.3, -0.25) is 4.79 Å². The lowest BCUT2D eigenvalue weighted by Gasteiger charge is -2.31. The van der Waals surface area contributed by atoms with Crippen LogP contribution in [0, 0.1) is 5.41 Å². The molecule has 2 atom stereocenters. The number of aliphatic carboxylic acids is 1. The van der Waals surface area contributed by atoms with Crippen molar-refractivity contribution in [1.29, 1.82) is 0 Å². The topological polar surface area (TPSA) is 89.8 Å². The third kappa shape index (κ3) is 3.14. The smallest absolute Gasteiger partial charge is 0.451 e. The number of hydrogen-bond donors (Lipinski definition) is 4. The van der Waals surface area contributed by atoms with Crippen LogP contribution in [0.15, 0.2) is 0 Å². The molecule has 17 heavy (non-hydrogen) atoms. The summed E-state index contributed by atoms with van der Waals surface area (Å²) in [7, 11) is -1.54. The molecule has 0 bridgehead atoms. The van der Waals surface area contributed by atoms with Gasteiger partial charge in [-0.2, -0.15) is 0 Å². The molecule has 0 aromatic rings. The SMILES string of the molecule is O=C(O)[C@H]1NCC[C@]1(CCCB(O)O)C(F)F. The number of carboxylic acids is 1. The highest BCUT2D eigenvalue weighted by Gasteiger charge is 2.52. The van der Waals surface area contributed by atoms with E-state index in [1.54, 1.807) is 0 Å². The Morgan fingerprint density at radius 2 is 2.18 bits per heavy atom. The van der Waals surface area contributed by atoms with E-state index in [-0.39, 0.29) is 32.1 Å². The van der Waals surface area contributed by atoms with Crippen molar-refractivity contribution in [2.45, 2.75) is 38.0 Å². The van der Waals surface area contributed by atoms with Crippen LogP contribution in [-0.2, 0) is 4.79 Å². The van der Waals surface area contributed by atoms with Gasteiger partial charge in [-0.25, -0.2) is 8.78 Å². The van der Waals surface area contributed by atoms with Crippen molar-refractivity contribution in [3.05, 3.63) is 0 Å². The van der Waals surface area contributed by atoms with Gasteiger partial charge in [0.05, 0.1) is 5.41 Å². The average molecular weight is 251 g/mol. The second-order valence-corrected chi connectivity index (χ2v) is 4.38. The fourth-order valence-corrected chi connectivity index (χ4v) is 2.36. The monoisotopic (exact) mass is 251 g/mol. The second kappa shape index (κ2) is 5.75. The van der Waals surface area contributed by atoms with Crippen molar-refractivity contribution in [2.75, 3.05) is 6.54 Å². The minimum atomic E-state index is -2.74. The zero-order valence-corrected chi connectivity index (χ0v) is 9.27. The third-order valence-electron chi connectivity index (χ3n) is 3.30. The highest BCUT2D eigenvalue weighted by molar-refractivity contribution is 6.40. The Balaban J connectivity index is 2.71. The number of hydrogen-bond acceptors (Lipinski definition) is 4. The van der Waals surface area contributed by atoms with Crippen LogP contribution in [-0.4, -0.2) is 47.3 Å². The van der Waals surface area contributed by atoms with E-state index in [4.69, 9.17) is 15.2 Å². The molecule has 4 N–H and O–H groups in total. The fourth-order valence-electron chi connectivity index (χ4n) is 2.36. The third-order valence-corrected chi connectivity index (χ3v) is 3.30. The Labute approximate surface area is 98.0 Å². The van der Waals surface area contributed by atoms with Crippen LogP contribution in [0.5, 0.6) is 0 Å². The number of carboxylic acid groups (broad SMARTS) is 1. The number of halogens is 2. The first kappa shape index (κ1) is 14.3. The molecular formula is C9H16BF2NO4. The van der Waals surface area contributed by atoms with Crippen molar-refractivity contribution in [1.82, 2.24) is 5.32 Å². The van der Waals surface area contributed by atoms with Gasteiger partial charge in [0.15, 0.2) is 0 Å². The molecular weight excluding hydrogens is 235 g/mol. The normalized spacial score (nSPS) is 28.6. The number of nitrogens with one attached hydrogen (secondary N) is 1. The van der Waals surface area contributed by atoms with Gasteiger partial charge in [0, 0.05) is 0 Å². The lowest BCUT2D eigenvalue weighted by Crippen LogP contribution is -2.47. The number of rotatable bonds is 6. The molecule has 0 spiro atoms. The molecule has 0 unspecified atom stereocenters. The average Bonchev–Trinajstić information content (AvgIpc) is 2.62. The van der Waals surface area contributed by atoms with Gasteiger partial charge >= 0.3 is 13.1 Å². The van der Waals surface area contributed by atoms with Gasteiger partial charge in [0.25, 0.3) is 0 Å². The summed E-state index contributed by atoms with van der Waals surface area (Å²) < 4.78 is 26.2. The molecule has 1 fully saturated rings. The summed E-state index contributed by atoms with van der Waals surface area (Å²) in [5.74, 6) is -1.28. The summed E-state index contributed by atoms with van der Waals surface area (Å²) in [5, 5.41) is 28.8. The van der Waals surface area contributed by atoms with Crippen LogP contribution >= 0.6 is 0 Å². The molecule has 1 saturated heterocycles. The number of carbonyl (C=O) groups is 1. The van der Waals surface area contributed by atoms with Crippen LogP contribution in [0.2, 0.25) is 6.32 Å². The predicted octanol–water partition coefficient (Wildman–Crippen LogP) is -0.0626. The van der Waals surface area contributed by atoms with Crippen LogP contribution in [0.1, 0.15) is 19.3 Å². The highest BCUT2D eigenvalue weighted by atomic mass is 19.3. The Morgan fingerprint density at radius 1 is 1.53 bits per heavy atom. The van der Waals surface area contributed by atoms with Gasteiger partial charge in [-0.1, -0.05) is 6.42 Å². The molecule has 1 heterocycles. The fraction of sp³-hybridized carbons (Fsp3) is 0.889. The van der Waals surface area contributed by atoms with Crippen LogP contribution in [0.25, 0.3) is 0 Å². The summed E-state index contributed by atoms with van der Waals surface area (Å²) in [4.78, 5) is 10.9. The van der Waals surface area contributed by atoms with E-state index in [0.29, 0.717) is 0 Å². The molecule has 8 heteroatoms. The first-order valence-corrected chi connectivity index (χ1v) is 5.50. The molecule has 0 amide bonds. The molecule has 1 aliphatic heterocycles. The maximum Gasteiger partial charge on any atom is 0.451 e. The quantitative estimate of drug-likeness (QED) is 0.496. The molecule has 98 valence electrons. The molecule has 0 saturated carbocycles. The maximum atomic E-state index is 13.1. The second-order valence-electron chi connectivity index (χ2n) is 4.38. The van der Waals surface area contributed by atoms with Crippen molar-refractivity contribution < 1.29 is 28.7 Å². The molecule has 1 aliphatic rings. The van der Waals surface area contributed by atoms with Crippen LogP contribution < -0.4 is 5.32 Å². The Hall–Kier alpha value is -0.725. The predicted molar refractivity (Wildman–Crippen MR) is 56.7 cm³/mol. The van der Waals surface area contributed by atoms with Crippen molar-refractivity contribution in [3.8, 4) is 0 Å². The van der Waals surface area contributed by atoms with Gasteiger partial charge in [0.1, 0.15) is 6.04 Å². The van der Waals surface area contributed by atoms with Gasteiger partial charge in [-0.05, 0) is 25.7 Å². The van der Waals surface area contributed by atoms with Crippen LogP contribution in [0.3, 0.4) is 0 Å². The van der Waals surface area contributed by atoms with Gasteiger partial charge in [-0.15, -0.1) is 0 Å². The van der Waals surface area contributed by atoms with E-state index >= 15 is 0 Å². The maximum absolute atomic E-state index is 13.1. The van der Waals surface area contributed by atoms with Crippen molar-refractivity contribution in [3.63, 3.8) is 0 Å². The number of alkyl halides is 2. The lowest BCUT2D eigenvalue weighted by molar-refractivity contribution is -0.146. The first-order valence-electron chi connectivity index (χ1n) is 5.50. The van der Waals surface area contributed by atoms with E-state index in [9.17, 15) is 13.6 Å². The molecule has 0 aliphatic carbocycles. The summed E-state index contributed by atoms with van der Waals surface area (Å²) in [5.41, 5.74) is -1.60. The largest absolute Gasteiger partial charge is 0.480 e. The molecule has 1 rings (SSSR count). The summed E-state index contributed by atoms with van der Waals surface area (Å²) in [6.45, 7) is 0.239. The zero-order chi connectivity index (χ0) is 13.1. The van der Waals surface area contributed by atoms with E-state index in [1.165, 1.54) is 0 Å². The Kier molecular flexibility index (Phi) is 4.85. The van der Waals surface area contributed by atoms with Crippen molar-refractivity contribution >= 4 is 13.1 Å². The molecule has 0 radical (unpaired) electrons. The molecule has 0 aromatic carbocycles. The summed E-state index contributed by atoms with van der Waals surface area (Å²) in [6, 6.07) is -1.27. The molecule has 0 aromatic heterocycles. The summed E-state index contributed by atoms with van der Waals surface area (Å²) >= 11 is 0. The van der Waals surface area contributed by atoms with Gasteiger partial charge < -0.3 is 20.5 Å². The van der Waals surface area contributed by atoms with E-state index in [2.05, 4.69) is 5.32 Å². The molecule has 5 nitrogen and oxygen atoms in total. The lowest BCUT2D eigenvalue weighted by atomic mass is 9.73. The first-order chi connectivity index (χ1) is 7.90. The standard InChI is InChI=1S/C9H16BF2NO4/c11-8(12)9(2-1-4-10(16)17)3-5-13-6(9)7(14)15/h6,8,13,16-17H,1-5H2,(H,14,15)/t6-,9+/m1/s1. The van der Waals surface area contributed by atoms with E-state index in [1.807, 2.05) is 0 Å². The van der Waals surface area contributed by atoms with Crippen molar-refractivity contribution in [2.24, 2.45) is 5.41 Å². The minimum Gasteiger partial charge on any atom is -0.480 e.